The van der Waals surface area contributed by atoms with Gasteiger partial charge in [0.2, 0.25) is 0 Å². The average molecular weight is 305 g/mol. The summed E-state index contributed by atoms with van der Waals surface area (Å²) in [6.45, 7) is 0. The number of hydrogen-bond donors (Lipinski definition) is 0. The van der Waals surface area contributed by atoms with E-state index in [4.69, 9.17) is 4.74 Å². The highest BCUT2D eigenvalue weighted by Crippen LogP contribution is 2.24. The van der Waals surface area contributed by atoms with Gasteiger partial charge in [-0.3, -0.25) is 0 Å². The summed E-state index contributed by atoms with van der Waals surface area (Å²) >= 11 is 0. The van der Waals surface area contributed by atoms with Gasteiger partial charge in [-0.1, -0.05) is 18.2 Å². The zero-order valence-corrected chi connectivity index (χ0v) is 12.3. The maximum absolute atomic E-state index is 11.5. The van der Waals surface area contributed by atoms with Crippen LogP contribution in [0, 0.1) is 5.92 Å². The van der Waals surface area contributed by atoms with Gasteiger partial charge in [-0.15, -0.1) is 0 Å². The zero-order valence-electron chi connectivity index (χ0n) is 11.5. The van der Waals surface area contributed by atoms with Crippen molar-refractivity contribution in [1.29, 1.82) is 0 Å². The molecule has 110 valence electrons. The van der Waals surface area contributed by atoms with Gasteiger partial charge in [0.15, 0.2) is 9.84 Å². The number of nitrogens with zero attached hydrogens (tertiary/aromatic N) is 3. The van der Waals surface area contributed by atoms with E-state index >= 15 is 0 Å². The molecule has 0 saturated heterocycles. The fraction of sp³-hybridized carbons (Fsp3) is 0.286. The number of hydrogen-bond acceptors (Lipinski definition) is 5. The van der Waals surface area contributed by atoms with E-state index in [2.05, 4.69) is 10.1 Å². The van der Waals surface area contributed by atoms with Crippen LogP contribution in [0.25, 0.3) is 5.69 Å². The van der Waals surface area contributed by atoms with Gasteiger partial charge in [-0.25, -0.2) is 18.1 Å². The van der Waals surface area contributed by atoms with Crippen molar-refractivity contribution in [1.82, 2.24) is 14.8 Å². The lowest BCUT2D eigenvalue weighted by atomic mass is 10.1. The summed E-state index contributed by atoms with van der Waals surface area (Å²) in [6, 6.07) is 7.51. The molecule has 0 bridgehead atoms. The number of para-hydroxylation sites is 2. The predicted octanol–water partition coefficient (Wildman–Crippen LogP) is 1.38. The number of ether oxygens (including phenoxy) is 1. The number of allylic oxidation sites excluding steroid dienone is 1. The summed E-state index contributed by atoms with van der Waals surface area (Å²) in [7, 11) is -1.45. The van der Waals surface area contributed by atoms with Crippen LogP contribution in [0.3, 0.4) is 0 Å². The summed E-state index contributed by atoms with van der Waals surface area (Å²) in [4.78, 5) is 4.25. The highest BCUT2D eigenvalue weighted by atomic mass is 32.2. The molecule has 0 radical (unpaired) electrons. The van der Waals surface area contributed by atoms with Gasteiger partial charge >= 0.3 is 0 Å². The normalized spacial score (nSPS) is 19.8. The molecule has 1 aromatic carbocycles. The van der Waals surface area contributed by atoms with Gasteiger partial charge in [0.25, 0.3) is 0 Å². The molecule has 1 atom stereocenters. The molecule has 1 aliphatic rings. The van der Waals surface area contributed by atoms with Crippen molar-refractivity contribution < 1.29 is 13.2 Å². The fourth-order valence-corrected chi connectivity index (χ4v) is 3.81. The number of sulfone groups is 1. The SMILES string of the molecule is COc1ccccc1-n1ncnc1CC1C=CS(=O)(=O)C1. The quantitative estimate of drug-likeness (QED) is 0.853. The van der Waals surface area contributed by atoms with Crippen LogP contribution < -0.4 is 4.74 Å². The molecule has 7 heteroatoms. The van der Waals surface area contributed by atoms with E-state index in [1.54, 1.807) is 17.9 Å². The van der Waals surface area contributed by atoms with Crippen LogP contribution in [-0.4, -0.2) is 36.0 Å². The Morgan fingerprint density at radius 1 is 1.38 bits per heavy atom. The first kappa shape index (κ1) is 13.8. The van der Waals surface area contributed by atoms with Gasteiger partial charge in [0, 0.05) is 11.8 Å². The average Bonchev–Trinajstić information content (AvgIpc) is 3.05. The minimum absolute atomic E-state index is 0.0624. The molecule has 0 N–H and O–H groups in total. The summed E-state index contributed by atoms with van der Waals surface area (Å²) in [6.07, 6.45) is 3.71. The number of aromatic nitrogens is 3. The molecule has 0 aliphatic carbocycles. The molecular formula is C14H15N3O3S. The summed E-state index contributed by atoms with van der Waals surface area (Å²) in [5.41, 5.74) is 0.789. The van der Waals surface area contributed by atoms with Crippen molar-refractivity contribution in [3.63, 3.8) is 0 Å². The monoisotopic (exact) mass is 305 g/mol. The van der Waals surface area contributed by atoms with Gasteiger partial charge in [-0.05, 0) is 18.1 Å². The molecule has 1 aliphatic heterocycles. The number of methoxy groups -OCH3 is 1. The van der Waals surface area contributed by atoms with Crippen molar-refractivity contribution in [3.8, 4) is 11.4 Å². The van der Waals surface area contributed by atoms with Crippen LogP contribution in [-0.2, 0) is 16.3 Å². The number of benzene rings is 1. The van der Waals surface area contributed by atoms with Crippen molar-refractivity contribution in [2.45, 2.75) is 6.42 Å². The summed E-state index contributed by atoms with van der Waals surface area (Å²) < 4.78 is 30.0. The van der Waals surface area contributed by atoms with Crippen LogP contribution in [0.2, 0.25) is 0 Å². The minimum atomic E-state index is -3.05. The third-order valence-corrected chi connectivity index (χ3v) is 4.85. The Labute approximate surface area is 123 Å². The Bertz CT molecular complexity index is 780. The van der Waals surface area contributed by atoms with E-state index in [1.165, 1.54) is 11.7 Å². The van der Waals surface area contributed by atoms with Crippen LogP contribution in [0.4, 0.5) is 0 Å². The molecule has 2 aromatic rings. The first-order valence-electron chi connectivity index (χ1n) is 6.52. The first-order chi connectivity index (χ1) is 10.1. The molecule has 0 saturated carbocycles. The van der Waals surface area contributed by atoms with Gasteiger partial charge in [0.1, 0.15) is 23.6 Å². The highest BCUT2D eigenvalue weighted by Gasteiger charge is 2.24. The van der Waals surface area contributed by atoms with E-state index in [9.17, 15) is 8.42 Å². The molecule has 6 nitrogen and oxygen atoms in total. The zero-order chi connectivity index (χ0) is 14.9. The first-order valence-corrected chi connectivity index (χ1v) is 8.24. The van der Waals surface area contributed by atoms with Gasteiger partial charge in [0.05, 0.1) is 12.9 Å². The predicted molar refractivity (Wildman–Crippen MR) is 78.0 cm³/mol. The van der Waals surface area contributed by atoms with Gasteiger partial charge < -0.3 is 4.74 Å². The van der Waals surface area contributed by atoms with E-state index in [0.29, 0.717) is 18.0 Å². The minimum Gasteiger partial charge on any atom is -0.494 e. The third kappa shape index (κ3) is 2.82. The van der Waals surface area contributed by atoms with Gasteiger partial charge in [-0.2, -0.15) is 5.10 Å². The topological polar surface area (TPSA) is 74.1 Å². The van der Waals surface area contributed by atoms with Crippen LogP contribution in [0.5, 0.6) is 5.75 Å². The van der Waals surface area contributed by atoms with Crippen molar-refractivity contribution in [2.24, 2.45) is 5.92 Å². The molecule has 0 amide bonds. The van der Waals surface area contributed by atoms with Crippen molar-refractivity contribution in [2.75, 3.05) is 12.9 Å². The molecular weight excluding hydrogens is 290 g/mol. The molecule has 0 spiro atoms. The lowest BCUT2D eigenvalue weighted by Gasteiger charge is -2.11. The van der Waals surface area contributed by atoms with Crippen LogP contribution in [0.1, 0.15) is 5.82 Å². The van der Waals surface area contributed by atoms with Crippen molar-refractivity contribution >= 4 is 9.84 Å². The second-order valence-electron chi connectivity index (χ2n) is 4.88. The Morgan fingerprint density at radius 3 is 2.90 bits per heavy atom. The Morgan fingerprint density at radius 2 is 2.19 bits per heavy atom. The second-order valence-corrected chi connectivity index (χ2v) is 6.81. The largest absolute Gasteiger partial charge is 0.494 e. The Balaban J connectivity index is 1.90. The lowest BCUT2D eigenvalue weighted by molar-refractivity contribution is 0.411. The maximum atomic E-state index is 11.5. The van der Waals surface area contributed by atoms with E-state index in [1.807, 2.05) is 24.3 Å². The molecule has 0 fully saturated rings. The van der Waals surface area contributed by atoms with Crippen LogP contribution in [0.15, 0.2) is 42.1 Å². The van der Waals surface area contributed by atoms with E-state index < -0.39 is 9.84 Å². The maximum Gasteiger partial charge on any atom is 0.171 e. The summed E-state index contributed by atoms with van der Waals surface area (Å²) in [5, 5.41) is 5.50. The molecule has 2 heterocycles. The fourth-order valence-electron chi connectivity index (χ4n) is 2.41. The molecule has 1 unspecified atom stereocenters. The lowest BCUT2D eigenvalue weighted by Crippen LogP contribution is -2.13. The van der Waals surface area contributed by atoms with Crippen molar-refractivity contribution in [3.05, 3.63) is 47.9 Å². The Kier molecular flexibility index (Phi) is 3.50. The molecule has 3 rings (SSSR count). The highest BCUT2D eigenvalue weighted by molar-refractivity contribution is 7.94. The second kappa shape index (κ2) is 5.33. The third-order valence-electron chi connectivity index (χ3n) is 3.38. The number of rotatable bonds is 4. The smallest absolute Gasteiger partial charge is 0.171 e. The molecule has 21 heavy (non-hydrogen) atoms. The standard InChI is InChI=1S/C14H15N3O3S/c1-20-13-5-3-2-4-12(13)17-14(15-10-16-17)8-11-6-7-21(18,19)9-11/h2-7,10-11H,8-9H2,1H3. The summed E-state index contributed by atoms with van der Waals surface area (Å²) in [5.74, 6) is 1.48. The van der Waals surface area contributed by atoms with E-state index in [0.717, 1.165) is 5.69 Å². The van der Waals surface area contributed by atoms with Crippen LogP contribution >= 0.6 is 0 Å². The Hall–Kier alpha value is -2.15. The molecule has 1 aromatic heterocycles. The van der Waals surface area contributed by atoms with E-state index in [-0.39, 0.29) is 11.7 Å².